The van der Waals surface area contributed by atoms with Crippen LogP contribution in [-0.4, -0.2) is 47.1 Å². The Hall–Kier alpha value is -1.97. The van der Waals surface area contributed by atoms with Crippen molar-refractivity contribution in [3.8, 4) is 5.75 Å². The first-order valence-corrected chi connectivity index (χ1v) is 11.9. The molecule has 0 amide bonds. The van der Waals surface area contributed by atoms with E-state index in [1.807, 2.05) is 0 Å². The zero-order chi connectivity index (χ0) is 20.5. The van der Waals surface area contributed by atoms with Crippen molar-refractivity contribution in [3.63, 3.8) is 0 Å². The second-order valence-electron chi connectivity index (χ2n) is 6.61. The summed E-state index contributed by atoms with van der Waals surface area (Å²) in [6.45, 7) is 2.37. The van der Waals surface area contributed by atoms with Crippen LogP contribution in [0.5, 0.6) is 5.75 Å². The van der Waals surface area contributed by atoms with Crippen molar-refractivity contribution in [3.05, 3.63) is 53.8 Å². The molecule has 2 aromatic carbocycles. The van der Waals surface area contributed by atoms with Crippen LogP contribution in [0.4, 0.5) is 4.39 Å². The number of nitrogens with zero attached hydrogens (tertiary/aromatic N) is 1. The molecule has 1 aliphatic heterocycles. The third-order valence-electron chi connectivity index (χ3n) is 4.97. The number of ether oxygens (including phenoxy) is 1. The number of hydrogen-bond donors (Lipinski definition) is 0. The summed E-state index contributed by atoms with van der Waals surface area (Å²) in [6.07, 6.45) is 0.631. The van der Waals surface area contributed by atoms with E-state index in [0.29, 0.717) is 25.3 Å². The van der Waals surface area contributed by atoms with Gasteiger partial charge in [-0.3, -0.25) is 0 Å². The Morgan fingerprint density at radius 1 is 1.11 bits per heavy atom. The molecule has 28 heavy (non-hydrogen) atoms. The molecule has 0 spiro atoms. The van der Waals surface area contributed by atoms with Crippen molar-refractivity contribution in [1.82, 2.24) is 4.31 Å². The number of benzene rings is 2. The highest BCUT2D eigenvalue weighted by atomic mass is 32.2. The maximum atomic E-state index is 13.4. The first-order valence-electron chi connectivity index (χ1n) is 8.85. The summed E-state index contributed by atoms with van der Waals surface area (Å²) in [5.74, 6) is -0.296. The van der Waals surface area contributed by atoms with E-state index in [9.17, 15) is 21.2 Å². The van der Waals surface area contributed by atoms with Crippen molar-refractivity contribution in [2.75, 3.05) is 26.0 Å². The third-order valence-corrected chi connectivity index (χ3v) is 8.57. The van der Waals surface area contributed by atoms with E-state index in [-0.39, 0.29) is 21.5 Å². The van der Waals surface area contributed by atoms with E-state index in [4.69, 9.17) is 4.74 Å². The standard InChI is InChI=1S/C19H22FNO5S2/c1-3-27(22,23)21-10-9-14(13-21)18-8-7-17(12-19(18)26-2)28(24,25)16-6-4-5-15(20)11-16/h4-8,11-12,14H,3,9-10,13H2,1-2H3/t14-/m1/s1. The maximum Gasteiger partial charge on any atom is 0.213 e. The van der Waals surface area contributed by atoms with Gasteiger partial charge in [0.2, 0.25) is 19.9 Å². The average Bonchev–Trinajstić information content (AvgIpc) is 3.18. The zero-order valence-electron chi connectivity index (χ0n) is 15.6. The number of hydrogen-bond acceptors (Lipinski definition) is 5. The molecule has 0 N–H and O–H groups in total. The van der Waals surface area contributed by atoms with E-state index < -0.39 is 25.7 Å². The molecule has 1 fully saturated rings. The quantitative estimate of drug-likeness (QED) is 0.708. The molecule has 152 valence electrons. The number of sulfonamides is 1. The van der Waals surface area contributed by atoms with Crippen molar-refractivity contribution in [1.29, 1.82) is 0 Å². The van der Waals surface area contributed by atoms with Gasteiger partial charge in [-0.05, 0) is 49.2 Å². The van der Waals surface area contributed by atoms with Gasteiger partial charge in [0.15, 0.2) is 0 Å². The summed E-state index contributed by atoms with van der Waals surface area (Å²) < 4.78 is 70.1. The molecule has 0 unspecified atom stereocenters. The van der Waals surface area contributed by atoms with Gasteiger partial charge in [0.05, 0.1) is 22.7 Å². The first-order chi connectivity index (χ1) is 13.2. The normalized spacial score (nSPS) is 18.3. The molecule has 1 heterocycles. The van der Waals surface area contributed by atoms with Crippen LogP contribution in [-0.2, 0) is 19.9 Å². The number of methoxy groups -OCH3 is 1. The van der Waals surface area contributed by atoms with Crippen LogP contribution in [0.2, 0.25) is 0 Å². The first kappa shape index (κ1) is 20.8. The molecule has 1 saturated heterocycles. The second kappa shape index (κ2) is 7.81. The maximum absolute atomic E-state index is 13.4. The summed E-state index contributed by atoms with van der Waals surface area (Å²) in [7, 11) is -5.73. The molecule has 6 nitrogen and oxygen atoms in total. The predicted octanol–water partition coefficient (Wildman–Crippen LogP) is 2.81. The average molecular weight is 428 g/mol. The minimum Gasteiger partial charge on any atom is -0.496 e. The van der Waals surface area contributed by atoms with Crippen molar-refractivity contribution < 1.29 is 26.0 Å². The molecule has 2 aromatic rings. The largest absolute Gasteiger partial charge is 0.496 e. The van der Waals surface area contributed by atoms with Gasteiger partial charge in [-0.1, -0.05) is 12.1 Å². The fourth-order valence-electron chi connectivity index (χ4n) is 3.38. The molecule has 0 bridgehead atoms. The lowest BCUT2D eigenvalue weighted by atomic mass is 9.97. The SMILES string of the molecule is CCS(=O)(=O)N1CC[C@@H](c2ccc(S(=O)(=O)c3cccc(F)c3)cc2OC)C1. The zero-order valence-corrected chi connectivity index (χ0v) is 17.3. The molecule has 0 aliphatic carbocycles. The van der Waals surface area contributed by atoms with Gasteiger partial charge < -0.3 is 4.74 Å². The minimum absolute atomic E-state index is 0.00488. The molecule has 1 atom stereocenters. The van der Waals surface area contributed by atoms with Crippen molar-refractivity contribution >= 4 is 19.9 Å². The summed E-state index contributed by atoms with van der Waals surface area (Å²) in [4.78, 5) is -0.141. The second-order valence-corrected chi connectivity index (χ2v) is 10.8. The molecule has 0 saturated carbocycles. The Morgan fingerprint density at radius 3 is 2.46 bits per heavy atom. The highest BCUT2D eigenvalue weighted by Crippen LogP contribution is 2.36. The smallest absolute Gasteiger partial charge is 0.213 e. The summed E-state index contributed by atoms with van der Waals surface area (Å²) in [6, 6.07) is 9.34. The van der Waals surface area contributed by atoms with Gasteiger partial charge in [-0.15, -0.1) is 0 Å². The molecule has 0 radical (unpaired) electrons. The van der Waals surface area contributed by atoms with Gasteiger partial charge >= 0.3 is 0 Å². The van der Waals surface area contributed by atoms with Crippen molar-refractivity contribution in [2.24, 2.45) is 0 Å². The van der Waals surface area contributed by atoms with Gasteiger partial charge in [-0.25, -0.2) is 25.5 Å². The number of sulfone groups is 1. The molecule has 3 rings (SSSR count). The van der Waals surface area contributed by atoms with Gasteiger partial charge in [0.25, 0.3) is 0 Å². The Morgan fingerprint density at radius 2 is 1.82 bits per heavy atom. The monoisotopic (exact) mass is 427 g/mol. The van der Waals surface area contributed by atoms with Gasteiger partial charge in [0.1, 0.15) is 11.6 Å². The molecule has 9 heteroatoms. The fraction of sp³-hybridized carbons (Fsp3) is 0.368. The third kappa shape index (κ3) is 3.92. The molecule has 0 aromatic heterocycles. The minimum atomic E-state index is -3.90. The topological polar surface area (TPSA) is 80.8 Å². The van der Waals surface area contributed by atoms with Gasteiger partial charge in [0, 0.05) is 19.0 Å². The Kier molecular flexibility index (Phi) is 5.79. The van der Waals surface area contributed by atoms with Crippen LogP contribution in [0.1, 0.15) is 24.8 Å². The van der Waals surface area contributed by atoms with E-state index in [1.165, 1.54) is 41.7 Å². The van der Waals surface area contributed by atoms with Crippen LogP contribution in [0, 0.1) is 5.82 Å². The summed E-state index contributed by atoms with van der Waals surface area (Å²) in [5, 5.41) is 0. The molecular weight excluding hydrogens is 405 g/mol. The van der Waals surface area contributed by atoms with Crippen LogP contribution in [0.25, 0.3) is 0 Å². The van der Waals surface area contributed by atoms with Crippen molar-refractivity contribution in [2.45, 2.75) is 29.1 Å². The lowest BCUT2D eigenvalue weighted by molar-refractivity contribution is 0.403. The van der Waals surface area contributed by atoms with Crippen LogP contribution >= 0.6 is 0 Å². The Bertz CT molecular complexity index is 1080. The van der Waals surface area contributed by atoms with Crippen LogP contribution in [0.3, 0.4) is 0 Å². The highest BCUT2D eigenvalue weighted by molar-refractivity contribution is 7.91. The molecule has 1 aliphatic rings. The number of halogens is 1. The van der Waals surface area contributed by atoms with E-state index >= 15 is 0 Å². The van der Waals surface area contributed by atoms with E-state index in [2.05, 4.69) is 0 Å². The predicted molar refractivity (Wildman–Crippen MR) is 103 cm³/mol. The summed E-state index contributed by atoms with van der Waals surface area (Å²) >= 11 is 0. The number of rotatable bonds is 6. The van der Waals surface area contributed by atoms with E-state index in [0.717, 1.165) is 11.6 Å². The lowest BCUT2D eigenvalue weighted by Gasteiger charge is -2.18. The van der Waals surface area contributed by atoms with Crippen LogP contribution < -0.4 is 4.74 Å². The highest BCUT2D eigenvalue weighted by Gasteiger charge is 2.33. The van der Waals surface area contributed by atoms with Crippen LogP contribution in [0.15, 0.2) is 52.3 Å². The molecular formula is C19H22FNO5S2. The fourth-order valence-corrected chi connectivity index (χ4v) is 5.85. The van der Waals surface area contributed by atoms with E-state index in [1.54, 1.807) is 13.0 Å². The Balaban J connectivity index is 1.94. The van der Waals surface area contributed by atoms with Gasteiger partial charge in [-0.2, -0.15) is 0 Å². The Labute approximate surface area is 164 Å². The lowest BCUT2D eigenvalue weighted by Crippen LogP contribution is -2.29. The summed E-state index contributed by atoms with van der Waals surface area (Å²) in [5.41, 5.74) is 0.759.